The van der Waals surface area contributed by atoms with E-state index in [1.807, 2.05) is 0 Å². The lowest BCUT2D eigenvalue weighted by atomic mass is 10.1. The van der Waals surface area contributed by atoms with Gasteiger partial charge in [0, 0.05) is 6.20 Å². The number of nitrogens with one attached hydrogen (secondary N) is 1. The number of methoxy groups -OCH3 is 3. The molecule has 0 fully saturated rings. The summed E-state index contributed by atoms with van der Waals surface area (Å²) in [6.07, 6.45) is 0.318. The Labute approximate surface area is 167 Å². The number of amides is 1. The van der Waals surface area contributed by atoms with Gasteiger partial charge in [-0.25, -0.2) is 4.98 Å². The zero-order valence-electron chi connectivity index (χ0n) is 15.9. The highest BCUT2D eigenvalue weighted by molar-refractivity contribution is 6.30. The van der Waals surface area contributed by atoms with Crippen molar-refractivity contribution in [1.82, 2.24) is 4.98 Å². The van der Waals surface area contributed by atoms with Crippen molar-refractivity contribution in [3.05, 3.63) is 41.0 Å². The van der Waals surface area contributed by atoms with Gasteiger partial charge in [-0.2, -0.15) is 0 Å². The van der Waals surface area contributed by atoms with Crippen molar-refractivity contribution < 1.29 is 28.5 Å². The minimum atomic E-state index is -1.01. The van der Waals surface area contributed by atoms with Crippen LogP contribution in [0.1, 0.15) is 12.5 Å². The van der Waals surface area contributed by atoms with Crippen LogP contribution in [0.4, 0.5) is 5.82 Å². The molecule has 8 nitrogen and oxygen atoms in total. The average Bonchev–Trinajstić information content (AvgIpc) is 2.68. The Balaban J connectivity index is 2.00. The lowest BCUT2D eigenvalue weighted by molar-refractivity contribution is -0.152. The zero-order valence-corrected chi connectivity index (χ0v) is 16.7. The van der Waals surface area contributed by atoms with Gasteiger partial charge >= 0.3 is 5.97 Å². The molecule has 0 aliphatic carbocycles. The first-order valence-corrected chi connectivity index (χ1v) is 8.66. The molecule has 0 aliphatic rings. The fourth-order valence-electron chi connectivity index (χ4n) is 2.37. The number of pyridine rings is 1. The summed E-state index contributed by atoms with van der Waals surface area (Å²) in [4.78, 5) is 28.3. The number of rotatable bonds is 8. The van der Waals surface area contributed by atoms with Gasteiger partial charge in [-0.3, -0.25) is 9.59 Å². The molecule has 2 aromatic rings. The van der Waals surface area contributed by atoms with Crippen LogP contribution in [-0.4, -0.2) is 44.3 Å². The third kappa shape index (κ3) is 5.50. The van der Waals surface area contributed by atoms with Crippen LogP contribution in [0.25, 0.3) is 0 Å². The largest absolute Gasteiger partial charge is 0.493 e. The number of anilines is 1. The number of hydrogen-bond donors (Lipinski definition) is 1. The molecule has 0 spiro atoms. The summed E-state index contributed by atoms with van der Waals surface area (Å²) in [5.41, 5.74) is 0.589. The van der Waals surface area contributed by atoms with Crippen LogP contribution >= 0.6 is 11.6 Å². The van der Waals surface area contributed by atoms with Crippen LogP contribution in [0.15, 0.2) is 30.5 Å². The Hall–Kier alpha value is -3.00. The molecule has 0 saturated heterocycles. The van der Waals surface area contributed by atoms with Crippen molar-refractivity contribution in [1.29, 1.82) is 0 Å². The van der Waals surface area contributed by atoms with Gasteiger partial charge in [-0.05, 0) is 36.8 Å². The smallest absolute Gasteiger partial charge is 0.311 e. The Morgan fingerprint density at radius 3 is 2.25 bits per heavy atom. The molecule has 1 N–H and O–H groups in total. The summed E-state index contributed by atoms with van der Waals surface area (Å²) in [6, 6.07) is 6.42. The molecule has 1 aromatic carbocycles. The minimum absolute atomic E-state index is 0.0759. The summed E-state index contributed by atoms with van der Waals surface area (Å²) in [5.74, 6) is 0.481. The van der Waals surface area contributed by atoms with Gasteiger partial charge in [0.25, 0.3) is 5.91 Å². The molecule has 0 saturated carbocycles. The summed E-state index contributed by atoms with van der Waals surface area (Å²) in [6.45, 7) is 1.47. The minimum Gasteiger partial charge on any atom is -0.493 e. The lowest BCUT2D eigenvalue weighted by Gasteiger charge is -2.15. The molecule has 1 atom stereocenters. The van der Waals surface area contributed by atoms with Gasteiger partial charge in [0.05, 0.1) is 32.8 Å². The molecule has 9 heteroatoms. The second kappa shape index (κ2) is 9.80. The Bertz CT molecular complexity index is 816. The molecule has 0 bridgehead atoms. The van der Waals surface area contributed by atoms with E-state index in [0.29, 0.717) is 33.7 Å². The number of benzene rings is 1. The van der Waals surface area contributed by atoms with E-state index >= 15 is 0 Å². The molecule has 1 amide bonds. The van der Waals surface area contributed by atoms with E-state index in [1.165, 1.54) is 34.4 Å². The third-order valence-electron chi connectivity index (χ3n) is 3.73. The number of aromatic nitrogens is 1. The SMILES string of the molecule is COc1cc(CC(=O)O[C@H](C)C(=O)Nc2ccc(Cl)cn2)cc(OC)c1OC. The highest BCUT2D eigenvalue weighted by Gasteiger charge is 2.20. The molecule has 150 valence electrons. The van der Waals surface area contributed by atoms with Crippen molar-refractivity contribution in [3.8, 4) is 17.2 Å². The maximum Gasteiger partial charge on any atom is 0.311 e. The zero-order chi connectivity index (χ0) is 20.7. The van der Waals surface area contributed by atoms with E-state index in [1.54, 1.807) is 24.3 Å². The molecule has 2 rings (SSSR count). The molecular weight excluding hydrogens is 388 g/mol. The quantitative estimate of drug-likeness (QED) is 0.671. The van der Waals surface area contributed by atoms with Gasteiger partial charge in [-0.15, -0.1) is 0 Å². The van der Waals surface area contributed by atoms with E-state index < -0.39 is 18.0 Å². The standard InChI is InChI=1S/C19H21ClN2O6/c1-11(19(24)22-16-6-5-13(20)10-21-16)28-17(23)9-12-7-14(25-2)18(27-4)15(8-12)26-3/h5-8,10-11H,9H2,1-4H3,(H,21,22,24)/t11-/m1/s1. The van der Waals surface area contributed by atoms with Crippen molar-refractivity contribution in [3.63, 3.8) is 0 Å². The van der Waals surface area contributed by atoms with Gasteiger partial charge < -0.3 is 24.3 Å². The first kappa shape index (κ1) is 21.3. The van der Waals surface area contributed by atoms with Gasteiger partial charge in [0.2, 0.25) is 5.75 Å². The first-order valence-electron chi connectivity index (χ1n) is 8.28. The van der Waals surface area contributed by atoms with E-state index in [9.17, 15) is 9.59 Å². The number of carbonyl (C=O) groups excluding carboxylic acids is 2. The summed E-state index contributed by atoms with van der Waals surface area (Å²) in [7, 11) is 4.46. The van der Waals surface area contributed by atoms with E-state index in [0.717, 1.165) is 0 Å². The second-order valence-corrected chi connectivity index (χ2v) is 6.13. The third-order valence-corrected chi connectivity index (χ3v) is 3.95. The molecule has 0 aliphatic heterocycles. The predicted octanol–water partition coefficient (Wildman–Crippen LogP) is 2.87. The van der Waals surface area contributed by atoms with Crippen molar-refractivity contribution in [2.45, 2.75) is 19.4 Å². The predicted molar refractivity (Wildman–Crippen MR) is 103 cm³/mol. The Morgan fingerprint density at radius 2 is 1.75 bits per heavy atom. The number of halogens is 1. The van der Waals surface area contributed by atoms with Crippen LogP contribution in [0, 0.1) is 0 Å². The fourth-order valence-corrected chi connectivity index (χ4v) is 2.49. The second-order valence-electron chi connectivity index (χ2n) is 5.69. The summed E-state index contributed by atoms with van der Waals surface area (Å²) < 4.78 is 21.0. The molecule has 28 heavy (non-hydrogen) atoms. The normalized spacial score (nSPS) is 11.3. The van der Waals surface area contributed by atoms with Crippen molar-refractivity contribution in [2.24, 2.45) is 0 Å². The maximum atomic E-state index is 12.2. The number of ether oxygens (including phenoxy) is 4. The summed E-state index contributed by atoms with van der Waals surface area (Å²) in [5, 5.41) is 2.99. The van der Waals surface area contributed by atoms with Crippen LogP contribution in [0.3, 0.4) is 0 Å². The van der Waals surface area contributed by atoms with Gasteiger partial charge in [0.15, 0.2) is 17.6 Å². The molecule has 0 unspecified atom stereocenters. The summed E-state index contributed by atoms with van der Waals surface area (Å²) >= 11 is 5.75. The number of hydrogen-bond acceptors (Lipinski definition) is 7. The highest BCUT2D eigenvalue weighted by Crippen LogP contribution is 2.38. The number of carbonyl (C=O) groups is 2. The highest BCUT2D eigenvalue weighted by atomic mass is 35.5. The monoisotopic (exact) mass is 408 g/mol. The van der Waals surface area contributed by atoms with Crippen LogP contribution in [0.5, 0.6) is 17.2 Å². The first-order chi connectivity index (χ1) is 13.4. The molecule has 1 heterocycles. The molecular formula is C19H21ClN2O6. The van der Waals surface area contributed by atoms with Gasteiger partial charge in [0.1, 0.15) is 5.82 Å². The van der Waals surface area contributed by atoms with E-state index in [2.05, 4.69) is 10.3 Å². The fraction of sp³-hybridized carbons (Fsp3) is 0.316. The van der Waals surface area contributed by atoms with Gasteiger partial charge in [-0.1, -0.05) is 11.6 Å². The van der Waals surface area contributed by atoms with Crippen molar-refractivity contribution >= 4 is 29.3 Å². The topological polar surface area (TPSA) is 96.0 Å². The number of esters is 1. The van der Waals surface area contributed by atoms with E-state index in [-0.39, 0.29) is 6.42 Å². The van der Waals surface area contributed by atoms with Crippen LogP contribution in [-0.2, 0) is 20.7 Å². The number of nitrogens with zero attached hydrogens (tertiary/aromatic N) is 1. The lowest BCUT2D eigenvalue weighted by Crippen LogP contribution is -2.30. The van der Waals surface area contributed by atoms with E-state index in [4.69, 9.17) is 30.5 Å². The van der Waals surface area contributed by atoms with Crippen molar-refractivity contribution in [2.75, 3.05) is 26.6 Å². The molecule has 1 aromatic heterocycles. The Kier molecular flexibility index (Phi) is 7.45. The molecule has 0 radical (unpaired) electrons. The van der Waals surface area contributed by atoms with Crippen LogP contribution < -0.4 is 19.5 Å². The van der Waals surface area contributed by atoms with Crippen LogP contribution in [0.2, 0.25) is 5.02 Å². The Morgan fingerprint density at radius 1 is 1.11 bits per heavy atom. The maximum absolute atomic E-state index is 12.2. The average molecular weight is 409 g/mol.